The number of benzene rings is 2. The summed E-state index contributed by atoms with van der Waals surface area (Å²) in [4.78, 5) is 23.5. The molecule has 31 heavy (non-hydrogen) atoms. The van der Waals surface area contributed by atoms with Gasteiger partial charge >= 0.3 is 0 Å². The Morgan fingerprint density at radius 2 is 2.13 bits per heavy atom. The highest BCUT2D eigenvalue weighted by Crippen LogP contribution is 2.36. The molecular formula is C21H20N6O4. The standard InChI is InChI=1S/C21H20N6O4/c22-20(23)13-3-5-19-16(10-13)15(12-31-19)6-8-24-21(28)14-2-4-17(18(11-14)27(29)30)26-9-1-7-25-26/h1-5,7,9-11,15H,6,8,12H2,(H3,22,23)(H,24,28). The van der Waals surface area contributed by atoms with Crippen LogP contribution in [0, 0.1) is 15.5 Å². The molecular weight excluding hydrogens is 400 g/mol. The van der Waals surface area contributed by atoms with E-state index >= 15 is 0 Å². The number of aromatic nitrogens is 2. The summed E-state index contributed by atoms with van der Waals surface area (Å²) in [5, 5.41) is 25.9. The number of hydrogen-bond donors (Lipinski definition) is 3. The number of nitro benzene ring substituents is 1. The number of carbonyl (C=O) groups excluding carboxylic acids is 1. The minimum atomic E-state index is -0.535. The minimum Gasteiger partial charge on any atom is -0.493 e. The number of nitrogens with one attached hydrogen (secondary N) is 2. The number of carbonyl (C=O) groups is 1. The Bertz CT molecular complexity index is 1160. The van der Waals surface area contributed by atoms with Crippen molar-refractivity contribution >= 4 is 17.4 Å². The molecule has 1 unspecified atom stereocenters. The fraction of sp³-hybridized carbons (Fsp3) is 0.190. The number of nitrogen functional groups attached to an aromatic ring is 1. The molecule has 1 aliphatic rings. The Morgan fingerprint density at radius 1 is 1.32 bits per heavy atom. The summed E-state index contributed by atoms with van der Waals surface area (Å²) in [7, 11) is 0. The van der Waals surface area contributed by atoms with E-state index in [1.54, 1.807) is 24.4 Å². The molecule has 1 aromatic heterocycles. The molecule has 0 saturated carbocycles. The summed E-state index contributed by atoms with van der Waals surface area (Å²) in [5.74, 6) is 0.408. The lowest BCUT2D eigenvalue weighted by atomic mass is 9.96. The van der Waals surface area contributed by atoms with Crippen molar-refractivity contribution in [3.8, 4) is 11.4 Å². The van der Waals surface area contributed by atoms with Gasteiger partial charge in [0.15, 0.2) is 0 Å². The van der Waals surface area contributed by atoms with Crippen LogP contribution in [0.4, 0.5) is 5.69 Å². The zero-order chi connectivity index (χ0) is 22.0. The van der Waals surface area contributed by atoms with Crippen LogP contribution in [0.2, 0.25) is 0 Å². The van der Waals surface area contributed by atoms with Gasteiger partial charge in [-0.05, 0) is 42.8 Å². The Balaban J connectivity index is 1.42. The largest absolute Gasteiger partial charge is 0.493 e. The molecule has 10 nitrogen and oxygen atoms in total. The van der Waals surface area contributed by atoms with Crippen molar-refractivity contribution in [2.75, 3.05) is 13.2 Å². The van der Waals surface area contributed by atoms with Crippen molar-refractivity contribution in [3.63, 3.8) is 0 Å². The first-order valence-electron chi connectivity index (χ1n) is 9.62. The molecule has 0 aliphatic carbocycles. The van der Waals surface area contributed by atoms with Crippen LogP contribution in [0.25, 0.3) is 5.69 Å². The zero-order valence-corrected chi connectivity index (χ0v) is 16.4. The van der Waals surface area contributed by atoms with E-state index in [1.165, 1.54) is 29.1 Å². The van der Waals surface area contributed by atoms with Crippen molar-refractivity contribution in [3.05, 3.63) is 81.7 Å². The van der Waals surface area contributed by atoms with E-state index in [0.717, 1.165) is 11.3 Å². The predicted molar refractivity (Wildman–Crippen MR) is 113 cm³/mol. The number of fused-ring (bicyclic) bond motifs is 1. The van der Waals surface area contributed by atoms with Crippen LogP contribution < -0.4 is 15.8 Å². The topological polar surface area (TPSA) is 149 Å². The molecule has 4 rings (SSSR count). The number of hydrogen-bond acceptors (Lipinski definition) is 6. The van der Waals surface area contributed by atoms with Gasteiger partial charge in [-0.25, -0.2) is 4.68 Å². The van der Waals surface area contributed by atoms with E-state index in [0.29, 0.717) is 25.1 Å². The first-order valence-corrected chi connectivity index (χ1v) is 9.62. The second kappa shape index (κ2) is 8.27. The highest BCUT2D eigenvalue weighted by atomic mass is 16.6. The van der Waals surface area contributed by atoms with Crippen LogP contribution in [0.1, 0.15) is 33.8 Å². The van der Waals surface area contributed by atoms with Crippen LogP contribution >= 0.6 is 0 Å². The highest BCUT2D eigenvalue weighted by Gasteiger charge is 2.25. The Morgan fingerprint density at radius 3 is 2.84 bits per heavy atom. The molecule has 0 saturated heterocycles. The van der Waals surface area contributed by atoms with Gasteiger partial charge < -0.3 is 15.8 Å². The second-order valence-corrected chi connectivity index (χ2v) is 7.13. The van der Waals surface area contributed by atoms with Gasteiger partial charge in [-0.1, -0.05) is 0 Å². The van der Waals surface area contributed by atoms with Crippen molar-refractivity contribution in [1.82, 2.24) is 15.1 Å². The lowest BCUT2D eigenvalue weighted by molar-refractivity contribution is -0.384. The van der Waals surface area contributed by atoms with Gasteiger partial charge in [-0.2, -0.15) is 5.10 Å². The predicted octanol–water partition coefficient (Wildman–Crippen LogP) is 2.36. The summed E-state index contributed by atoms with van der Waals surface area (Å²) in [5.41, 5.74) is 7.43. The lowest BCUT2D eigenvalue weighted by Gasteiger charge is -2.11. The third kappa shape index (κ3) is 4.08. The monoisotopic (exact) mass is 420 g/mol. The molecule has 2 aromatic carbocycles. The average molecular weight is 420 g/mol. The molecule has 0 radical (unpaired) electrons. The van der Waals surface area contributed by atoms with E-state index in [1.807, 2.05) is 6.07 Å². The van der Waals surface area contributed by atoms with E-state index in [9.17, 15) is 14.9 Å². The average Bonchev–Trinajstić information content (AvgIpc) is 3.43. The smallest absolute Gasteiger partial charge is 0.295 e. The van der Waals surface area contributed by atoms with E-state index < -0.39 is 10.8 Å². The van der Waals surface area contributed by atoms with E-state index in [-0.39, 0.29) is 28.7 Å². The summed E-state index contributed by atoms with van der Waals surface area (Å²) in [6.45, 7) is 0.849. The molecule has 1 aliphatic heterocycles. The number of amidine groups is 1. The van der Waals surface area contributed by atoms with Crippen LogP contribution in [0.3, 0.4) is 0 Å². The number of nitrogens with zero attached hydrogens (tertiary/aromatic N) is 3. The molecule has 3 aromatic rings. The Hall–Kier alpha value is -4.21. The van der Waals surface area contributed by atoms with Crippen molar-refractivity contribution in [2.45, 2.75) is 12.3 Å². The first kappa shape index (κ1) is 20.1. The summed E-state index contributed by atoms with van der Waals surface area (Å²) < 4.78 is 7.05. The normalized spacial score (nSPS) is 14.5. The minimum absolute atomic E-state index is 0.0121. The Labute approximate surface area is 177 Å². The van der Waals surface area contributed by atoms with Crippen molar-refractivity contribution in [2.24, 2.45) is 5.73 Å². The van der Waals surface area contributed by atoms with Gasteiger partial charge in [-0.15, -0.1) is 0 Å². The number of nitro groups is 1. The maximum absolute atomic E-state index is 12.5. The number of ether oxygens (including phenoxy) is 1. The van der Waals surface area contributed by atoms with E-state index in [2.05, 4.69) is 10.4 Å². The third-order valence-corrected chi connectivity index (χ3v) is 5.16. The second-order valence-electron chi connectivity index (χ2n) is 7.13. The van der Waals surface area contributed by atoms with Gasteiger partial charge in [0.05, 0.1) is 11.5 Å². The molecule has 10 heteroatoms. The molecule has 0 spiro atoms. The van der Waals surface area contributed by atoms with Crippen LogP contribution in [0.5, 0.6) is 5.75 Å². The maximum Gasteiger partial charge on any atom is 0.295 e. The fourth-order valence-corrected chi connectivity index (χ4v) is 3.56. The molecule has 2 heterocycles. The summed E-state index contributed by atoms with van der Waals surface area (Å²) >= 11 is 0. The van der Waals surface area contributed by atoms with Crippen molar-refractivity contribution in [1.29, 1.82) is 5.41 Å². The third-order valence-electron chi connectivity index (χ3n) is 5.16. The molecule has 158 valence electrons. The van der Waals surface area contributed by atoms with Crippen molar-refractivity contribution < 1.29 is 14.5 Å². The van der Waals surface area contributed by atoms with Gasteiger partial charge in [0, 0.05) is 47.6 Å². The van der Waals surface area contributed by atoms with E-state index in [4.69, 9.17) is 15.9 Å². The maximum atomic E-state index is 12.5. The highest BCUT2D eigenvalue weighted by molar-refractivity contribution is 5.96. The number of rotatable bonds is 7. The van der Waals surface area contributed by atoms with Gasteiger partial charge in [0.25, 0.3) is 11.6 Å². The van der Waals surface area contributed by atoms with Gasteiger partial charge in [0.1, 0.15) is 17.3 Å². The van der Waals surface area contributed by atoms with Crippen LogP contribution in [-0.2, 0) is 0 Å². The molecule has 1 amide bonds. The fourth-order valence-electron chi connectivity index (χ4n) is 3.56. The summed E-state index contributed by atoms with van der Waals surface area (Å²) in [6, 6.07) is 11.3. The molecule has 0 bridgehead atoms. The molecule has 1 atom stereocenters. The van der Waals surface area contributed by atoms with Crippen LogP contribution in [-0.4, -0.2) is 39.6 Å². The Kier molecular flexibility index (Phi) is 5.35. The van der Waals surface area contributed by atoms with Gasteiger partial charge in [0.2, 0.25) is 0 Å². The molecule has 0 fully saturated rings. The lowest BCUT2D eigenvalue weighted by Crippen LogP contribution is -2.26. The number of nitrogens with two attached hydrogens (primary N) is 1. The zero-order valence-electron chi connectivity index (χ0n) is 16.4. The first-order chi connectivity index (χ1) is 14.9. The summed E-state index contributed by atoms with van der Waals surface area (Å²) in [6.07, 6.45) is 3.74. The SMILES string of the molecule is N=C(N)c1ccc2c(c1)C(CCNC(=O)c1ccc(-n3cccn3)c([N+](=O)[O-])c1)CO2. The quantitative estimate of drug-likeness (QED) is 0.231. The van der Waals surface area contributed by atoms with Gasteiger partial charge in [-0.3, -0.25) is 20.3 Å². The molecule has 4 N–H and O–H groups in total. The number of amides is 1. The van der Waals surface area contributed by atoms with Crippen LogP contribution in [0.15, 0.2) is 54.9 Å².